The first-order valence-electron chi connectivity index (χ1n) is 48.9. The van der Waals surface area contributed by atoms with Crippen molar-refractivity contribution in [2.75, 3.05) is 0 Å². The molecule has 1 aliphatic rings. The number of benzene rings is 21. The van der Waals surface area contributed by atoms with Crippen molar-refractivity contribution in [1.82, 2.24) is 44.9 Å². The molecule has 0 aliphatic heterocycles. The van der Waals surface area contributed by atoms with E-state index in [0.717, 1.165) is 187 Å². The third-order valence-corrected chi connectivity index (χ3v) is 29.6. The molecule has 0 amide bonds. The molecule has 0 radical (unpaired) electrons. The van der Waals surface area contributed by atoms with Crippen LogP contribution >= 0.6 is 11.3 Å². The summed E-state index contributed by atoms with van der Waals surface area (Å²) < 4.78 is 27.2. The van der Waals surface area contributed by atoms with E-state index in [1.165, 1.54) is 58.6 Å². The van der Waals surface area contributed by atoms with Crippen LogP contribution in [0.3, 0.4) is 0 Å². The molecule has 0 unspecified atom stereocenters. The summed E-state index contributed by atoms with van der Waals surface area (Å²) >= 11 is 1.80. The molecule has 0 saturated carbocycles. The summed E-state index contributed by atoms with van der Waals surface area (Å²) in [6.07, 6.45) is 0. The Kier molecular flexibility index (Phi) is 20.2. The summed E-state index contributed by atoms with van der Waals surface area (Å²) in [5.74, 6) is 5.74. The maximum absolute atomic E-state index is 6.27. The minimum Gasteiger partial charge on any atom is -0.456 e. The molecule has 21 aromatic carbocycles. The SMILES string of the molecule is CC1(C)c2ccccc2-c2ccc(-c3nc(-c4ccccc4)nc(-c4cccc(-c5ccc6cc7oc8ccccc8c7cc6c5)c4)n3)cc21.c1ccc(-c2nc(-c3cccc(-c4ccc5cc6c(cc5c4)oc4ccccc46)c3)nc(-c3ccc4oc5ccccc5c4c3)n2)cc1.c1ccc(-c2nc(-c3cccc(-c4cccc5cc6c(cc45)oc4ccccc46)c3)nc(-c3ccc4c(c3)sc3ccccc34)n2)cc1. The van der Waals surface area contributed by atoms with Crippen LogP contribution < -0.4 is 0 Å². The molecule has 0 spiro atoms. The highest BCUT2D eigenvalue weighted by molar-refractivity contribution is 7.25. The Morgan fingerprint density at radius 3 is 1.01 bits per heavy atom. The second-order valence-electron chi connectivity index (χ2n) is 37.8. The third-order valence-electron chi connectivity index (χ3n) is 28.5. The average molecular weight is 1890 g/mol. The lowest BCUT2D eigenvalue weighted by Gasteiger charge is -2.21. The Bertz CT molecular complexity index is 10400. The van der Waals surface area contributed by atoms with E-state index < -0.39 is 0 Å². The van der Waals surface area contributed by atoms with Crippen LogP contribution in [0.15, 0.2) is 473 Å². The Balaban J connectivity index is 0.000000106. The van der Waals surface area contributed by atoms with Gasteiger partial charge in [-0.15, -0.1) is 11.3 Å². The van der Waals surface area contributed by atoms with Crippen molar-refractivity contribution >= 4 is 152 Å². The molecule has 8 heterocycles. The number of fused-ring (bicyclic) bond motifs is 21. The number of thiophene rings is 1. The Morgan fingerprint density at radius 1 is 0.158 bits per heavy atom. The van der Waals surface area contributed by atoms with Crippen molar-refractivity contribution in [2.24, 2.45) is 0 Å². The van der Waals surface area contributed by atoms with Gasteiger partial charge in [0, 0.05) is 119 Å². The van der Waals surface area contributed by atoms with Crippen LogP contribution in [0.4, 0.5) is 0 Å². The number of hydrogen-bond acceptors (Lipinski definition) is 14. The lowest BCUT2D eigenvalue weighted by molar-refractivity contribution is 0.660. The van der Waals surface area contributed by atoms with Crippen LogP contribution in [-0.2, 0) is 5.41 Å². The zero-order valence-corrected chi connectivity index (χ0v) is 79.7. The van der Waals surface area contributed by atoms with E-state index in [-0.39, 0.29) is 5.41 Å². The second kappa shape index (κ2) is 34.7. The van der Waals surface area contributed by atoms with E-state index in [9.17, 15) is 0 Å². The molecule has 8 aromatic heterocycles. The van der Waals surface area contributed by atoms with E-state index >= 15 is 0 Å². The van der Waals surface area contributed by atoms with Gasteiger partial charge >= 0.3 is 0 Å². The Morgan fingerprint density at radius 2 is 0.479 bits per heavy atom. The quantitative estimate of drug-likeness (QED) is 0.113. The molecule has 29 aromatic rings. The van der Waals surface area contributed by atoms with Crippen molar-refractivity contribution in [2.45, 2.75) is 19.3 Å². The minimum absolute atomic E-state index is 0.120. The van der Waals surface area contributed by atoms with Gasteiger partial charge in [0.25, 0.3) is 0 Å². The zero-order valence-electron chi connectivity index (χ0n) is 78.9. The number of rotatable bonds is 12. The maximum Gasteiger partial charge on any atom is 0.164 e. The maximum atomic E-state index is 6.27. The highest BCUT2D eigenvalue weighted by atomic mass is 32.1. The topological polar surface area (TPSA) is 169 Å². The first kappa shape index (κ1) is 84.9. The van der Waals surface area contributed by atoms with Crippen molar-refractivity contribution in [3.05, 3.63) is 466 Å². The molecule has 30 rings (SSSR count). The number of para-hydroxylation sites is 4. The van der Waals surface area contributed by atoms with Gasteiger partial charge in [0.15, 0.2) is 52.4 Å². The molecule has 0 saturated heterocycles. The summed E-state index contributed by atoms with van der Waals surface area (Å²) in [5, 5.41) is 18.3. The smallest absolute Gasteiger partial charge is 0.164 e. The first-order valence-corrected chi connectivity index (χ1v) is 49.7. The fourth-order valence-electron chi connectivity index (χ4n) is 21.2. The van der Waals surface area contributed by atoms with Crippen LogP contribution in [0.5, 0.6) is 0 Å². The number of hydrogen-bond donors (Lipinski definition) is 0. The van der Waals surface area contributed by atoms with Gasteiger partial charge in [-0.05, 0) is 215 Å². The van der Waals surface area contributed by atoms with Gasteiger partial charge in [-0.3, -0.25) is 0 Å². The molecule has 0 atom stereocenters. The fraction of sp³-hybridized carbons (Fsp3) is 0.0227. The minimum atomic E-state index is -0.120. The average Bonchev–Trinajstić information content (AvgIpc) is 1.57. The predicted molar refractivity (Wildman–Crippen MR) is 597 cm³/mol. The molecule has 146 heavy (non-hydrogen) atoms. The van der Waals surface area contributed by atoms with Crippen molar-refractivity contribution < 1.29 is 17.7 Å². The number of aromatic nitrogens is 9. The van der Waals surface area contributed by atoms with Gasteiger partial charge in [-0.2, -0.15) is 0 Å². The highest BCUT2D eigenvalue weighted by Gasteiger charge is 2.36. The molecule has 0 fully saturated rings. The molecule has 0 bridgehead atoms. The zero-order chi connectivity index (χ0) is 96.6. The molecule has 14 heteroatoms. The van der Waals surface area contributed by atoms with Crippen LogP contribution in [-0.4, -0.2) is 44.9 Å². The van der Waals surface area contributed by atoms with Gasteiger partial charge in [0.05, 0.1) is 0 Å². The van der Waals surface area contributed by atoms with Gasteiger partial charge in [-0.25, -0.2) is 44.9 Å². The van der Waals surface area contributed by atoms with E-state index in [1.54, 1.807) is 11.3 Å². The van der Waals surface area contributed by atoms with Crippen molar-refractivity contribution in [1.29, 1.82) is 0 Å². The summed E-state index contributed by atoms with van der Waals surface area (Å²) in [5.41, 5.74) is 27.3. The predicted octanol–water partition coefficient (Wildman–Crippen LogP) is 35.4. The molecule has 0 N–H and O–H groups in total. The van der Waals surface area contributed by atoms with Crippen LogP contribution in [0.2, 0.25) is 0 Å². The summed E-state index contributed by atoms with van der Waals surface area (Å²) in [4.78, 5) is 45.3. The molecule has 13 nitrogen and oxygen atoms in total. The highest BCUT2D eigenvalue weighted by Crippen LogP contribution is 2.51. The van der Waals surface area contributed by atoms with Crippen LogP contribution in [0.1, 0.15) is 25.0 Å². The van der Waals surface area contributed by atoms with Crippen molar-refractivity contribution in [3.63, 3.8) is 0 Å². The van der Waals surface area contributed by atoms with Gasteiger partial charge in [0.1, 0.15) is 44.7 Å². The largest absolute Gasteiger partial charge is 0.456 e. The normalized spacial score (nSPS) is 12.2. The van der Waals surface area contributed by atoms with Crippen LogP contribution in [0, 0.1) is 0 Å². The summed E-state index contributed by atoms with van der Waals surface area (Å²) in [6.45, 7) is 4.60. The summed E-state index contributed by atoms with van der Waals surface area (Å²) in [7, 11) is 0. The van der Waals surface area contributed by atoms with Gasteiger partial charge < -0.3 is 17.7 Å². The molecule has 684 valence electrons. The molecular formula is C132H81N9O4S. The molecular weight excluding hydrogens is 1810 g/mol. The standard InChI is InChI=1S/C46H31N3O.C43H25N3O2.C43H25N3OS/c1-46(2)39-17-8-6-15-35(39)36-22-21-33(26-40(36)46)45-48-43(28-11-4-3-5-12-28)47-44(49-45)32-14-10-13-29(23-32)30-19-20-31-27-42-38(25-34(31)24-30)37-16-7-9-18-41(37)50-42;1-2-9-26(10-3-1)41-44-42(46-43(45-41)31-19-20-39-35(24-31)33-13-4-6-15-37(33)47-39)30-12-8-11-27(21-30)28-17-18-29-23-36-34-14-5-7-16-38(34)48-40(36)25-32(29)22-28;1-2-10-26(11-3-1)41-44-42(46-43(45-41)30-20-21-34-33-16-5-7-19-39(33)48-40(34)24-30)29-14-8-12-27(22-29)31-17-9-13-28-23-36-32-15-4-6-18-37(32)47-38(36)25-35(28)31/h3-27H,1-2H3;2*1-25H. The summed E-state index contributed by atoms with van der Waals surface area (Å²) in [6, 6.07) is 158. The number of nitrogens with zero attached hydrogens (tertiary/aromatic N) is 9. The lowest BCUT2D eigenvalue weighted by atomic mass is 9.82. The van der Waals surface area contributed by atoms with Gasteiger partial charge in [0.2, 0.25) is 0 Å². The monoisotopic (exact) mass is 1890 g/mol. The number of furan rings is 4. The van der Waals surface area contributed by atoms with E-state index in [2.05, 4.69) is 323 Å². The lowest BCUT2D eigenvalue weighted by Crippen LogP contribution is -2.15. The van der Waals surface area contributed by atoms with Crippen molar-refractivity contribution in [3.8, 4) is 147 Å². The van der Waals surface area contributed by atoms with E-state index in [0.29, 0.717) is 52.4 Å². The Hall–Kier alpha value is -19.2. The Labute approximate surface area is 840 Å². The fourth-order valence-corrected chi connectivity index (χ4v) is 22.3. The molecule has 1 aliphatic carbocycles. The van der Waals surface area contributed by atoms with Crippen LogP contribution in [0.25, 0.3) is 287 Å². The van der Waals surface area contributed by atoms with E-state index in [4.69, 9.17) is 62.5 Å². The second-order valence-corrected chi connectivity index (χ2v) is 38.9. The van der Waals surface area contributed by atoms with Gasteiger partial charge in [-0.1, -0.05) is 341 Å². The third kappa shape index (κ3) is 15.1. The van der Waals surface area contributed by atoms with E-state index in [1.807, 2.05) is 146 Å². The first-order chi connectivity index (χ1) is 72.0.